The highest BCUT2D eigenvalue weighted by Crippen LogP contribution is 2.16. The standard InChI is InChI=1S/C12H15N2O7S/c15-7-11(17)14-6-8-1-2-9(16)5-10(8)12(18)13-3-4-22(19,20)21/h1-2,5,16H,3-4,6-7H2,(H,13,18)(H,14,17)(H,19,20,21). The average Bonchev–Trinajstić information content (AvgIpc) is 2.44. The van der Waals surface area contributed by atoms with Gasteiger partial charge in [-0.05, 0) is 17.7 Å². The lowest BCUT2D eigenvalue weighted by Crippen LogP contribution is -2.31. The van der Waals surface area contributed by atoms with Crippen molar-refractivity contribution in [1.29, 1.82) is 0 Å². The van der Waals surface area contributed by atoms with E-state index in [0.717, 1.165) is 6.07 Å². The maximum absolute atomic E-state index is 11.9. The smallest absolute Gasteiger partial charge is 0.266 e. The summed E-state index contributed by atoms with van der Waals surface area (Å²) in [7, 11) is -4.20. The van der Waals surface area contributed by atoms with Gasteiger partial charge in [-0.2, -0.15) is 8.42 Å². The van der Waals surface area contributed by atoms with E-state index in [1.54, 1.807) is 0 Å². The Balaban J connectivity index is 2.80. The molecule has 4 N–H and O–H groups in total. The van der Waals surface area contributed by atoms with Crippen LogP contribution in [0.4, 0.5) is 0 Å². The number of phenols is 1. The molecule has 1 aromatic carbocycles. The first-order chi connectivity index (χ1) is 10.2. The molecule has 0 heterocycles. The molecule has 0 spiro atoms. The number of benzene rings is 1. The molecule has 0 aliphatic carbocycles. The Labute approximate surface area is 126 Å². The number of carbonyl (C=O) groups is 2. The molecule has 1 aromatic rings. The fourth-order valence-electron chi connectivity index (χ4n) is 1.56. The molecule has 0 unspecified atom stereocenters. The third kappa shape index (κ3) is 6.08. The number of aromatic hydroxyl groups is 1. The van der Waals surface area contributed by atoms with Crippen LogP contribution in [0.5, 0.6) is 5.75 Å². The molecule has 2 amide bonds. The Kier molecular flexibility index (Phi) is 6.28. The largest absolute Gasteiger partial charge is 0.508 e. The Bertz CT molecular complexity index is 657. The number of rotatable bonds is 7. The average molecular weight is 331 g/mol. The van der Waals surface area contributed by atoms with Gasteiger partial charge >= 0.3 is 0 Å². The lowest BCUT2D eigenvalue weighted by atomic mass is 10.1. The number of nitrogens with one attached hydrogen (secondary N) is 2. The third-order valence-corrected chi connectivity index (χ3v) is 3.31. The number of carbonyl (C=O) groups excluding carboxylic acids is 2. The summed E-state index contributed by atoms with van der Waals surface area (Å²) in [5.74, 6) is -2.28. The zero-order valence-electron chi connectivity index (χ0n) is 11.4. The van der Waals surface area contributed by atoms with E-state index in [-0.39, 0.29) is 24.4 Å². The van der Waals surface area contributed by atoms with Crippen molar-refractivity contribution in [3.63, 3.8) is 0 Å². The van der Waals surface area contributed by atoms with Crippen molar-refractivity contribution in [2.45, 2.75) is 6.54 Å². The molecule has 0 aliphatic rings. The van der Waals surface area contributed by atoms with Gasteiger partial charge in [0.25, 0.3) is 16.0 Å². The van der Waals surface area contributed by atoms with Gasteiger partial charge < -0.3 is 15.7 Å². The summed E-state index contributed by atoms with van der Waals surface area (Å²) in [6.07, 6.45) is 0. The monoisotopic (exact) mass is 331 g/mol. The number of hydrogen-bond donors (Lipinski definition) is 4. The molecule has 121 valence electrons. The molecule has 1 radical (unpaired) electrons. The van der Waals surface area contributed by atoms with Crippen molar-refractivity contribution in [2.24, 2.45) is 0 Å². The first-order valence-electron chi connectivity index (χ1n) is 6.13. The summed E-state index contributed by atoms with van der Waals surface area (Å²) >= 11 is 0. The molecule has 0 fully saturated rings. The molecule has 0 atom stereocenters. The molecule has 0 bridgehead atoms. The van der Waals surface area contributed by atoms with E-state index < -0.39 is 34.3 Å². The summed E-state index contributed by atoms with van der Waals surface area (Å²) in [6.45, 7) is -1.37. The predicted molar refractivity (Wildman–Crippen MR) is 74.3 cm³/mol. The Morgan fingerprint density at radius 1 is 1.18 bits per heavy atom. The Morgan fingerprint density at radius 3 is 2.45 bits per heavy atom. The van der Waals surface area contributed by atoms with Gasteiger partial charge in [0.1, 0.15) is 5.75 Å². The van der Waals surface area contributed by atoms with Crippen LogP contribution < -0.4 is 10.6 Å². The molecule has 0 saturated heterocycles. The fraction of sp³-hybridized carbons (Fsp3) is 0.333. The Hall–Kier alpha value is -2.17. The van der Waals surface area contributed by atoms with Crippen LogP contribution in [0.25, 0.3) is 0 Å². The van der Waals surface area contributed by atoms with Gasteiger partial charge in [0.05, 0.1) is 5.75 Å². The molecular weight excluding hydrogens is 316 g/mol. The van der Waals surface area contributed by atoms with Crippen molar-refractivity contribution < 1.29 is 32.8 Å². The van der Waals surface area contributed by atoms with Gasteiger partial charge in [-0.15, -0.1) is 0 Å². The summed E-state index contributed by atoms with van der Waals surface area (Å²) in [6, 6.07) is 3.83. The third-order valence-electron chi connectivity index (χ3n) is 2.59. The number of amides is 2. The second-order valence-corrected chi connectivity index (χ2v) is 5.88. The summed E-state index contributed by atoms with van der Waals surface area (Å²) in [4.78, 5) is 22.9. The van der Waals surface area contributed by atoms with Crippen LogP contribution in [0, 0.1) is 0 Å². The highest BCUT2D eigenvalue weighted by atomic mass is 32.2. The van der Waals surface area contributed by atoms with Crippen LogP contribution in [0.1, 0.15) is 15.9 Å². The van der Waals surface area contributed by atoms with Crippen LogP contribution in [-0.2, 0) is 26.6 Å². The first-order valence-corrected chi connectivity index (χ1v) is 7.74. The molecule has 1 rings (SSSR count). The van der Waals surface area contributed by atoms with Crippen LogP contribution in [-0.4, -0.2) is 48.8 Å². The fourth-order valence-corrected chi connectivity index (χ4v) is 1.92. The van der Waals surface area contributed by atoms with Crippen molar-refractivity contribution >= 4 is 21.9 Å². The van der Waals surface area contributed by atoms with E-state index in [4.69, 9.17) is 4.55 Å². The zero-order chi connectivity index (χ0) is 16.8. The summed E-state index contributed by atoms with van der Waals surface area (Å²) in [5, 5.41) is 24.3. The van der Waals surface area contributed by atoms with E-state index in [0.29, 0.717) is 5.56 Å². The molecule has 0 aliphatic heterocycles. The van der Waals surface area contributed by atoms with Gasteiger partial charge in [0.15, 0.2) is 6.61 Å². The van der Waals surface area contributed by atoms with E-state index >= 15 is 0 Å². The number of phenolic OH excluding ortho intramolecular Hbond substituents is 1. The molecule has 9 nitrogen and oxygen atoms in total. The van der Waals surface area contributed by atoms with Crippen molar-refractivity contribution in [3.05, 3.63) is 29.3 Å². The van der Waals surface area contributed by atoms with Crippen LogP contribution in [0.2, 0.25) is 0 Å². The lowest BCUT2D eigenvalue weighted by Gasteiger charge is -2.11. The lowest BCUT2D eigenvalue weighted by molar-refractivity contribution is -0.125. The van der Waals surface area contributed by atoms with E-state index in [9.17, 15) is 28.2 Å². The van der Waals surface area contributed by atoms with Gasteiger partial charge in [-0.25, -0.2) is 5.11 Å². The predicted octanol–water partition coefficient (Wildman–Crippen LogP) is -0.943. The normalized spacial score (nSPS) is 11.0. The van der Waals surface area contributed by atoms with Gasteiger partial charge in [0.2, 0.25) is 5.91 Å². The quantitative estimate of drug-likeness (QED) is 0.473. The minimum atomic E-state index is -4.20. The van der Waals surface area contributed by atoms with Gasteiger partial charge in [0, 0.05) is 18.7 Å². The molecule has 22 heavy (non-hydrogen) atoms. The highest BCUT2D eigenvalue weighted by Gasteiger charge is 2.14. The Morgan fingerprint density at radius 2 is 1.86 bits per heavy atom. The topological polar surface area (TPSA) is 153 Å². The van der Waals surface area contributed by atoms with Crippen LogP contribution in [0.3, 0.4) is 0 Å². The molecule has 0 aromatic heterocycles. The van der Waals surface area contributed by atoms with E-state index in [1.165, 1.54) is 12.1 Å². The van der Waals surface area contributed by atoms with Gasteiger partial charge in [-0.3, -0.25) is 14.1 Å². The SMILES string of the molecule is [O]CC(=O)NCc1ccc(O)cc1C(=O)NCCS(=O)(=O)O. The maximum atomic E-state index is 11.9. The first kappa shape index (κ1) is 17.9. The number of hydrogen-bond acceptors (Lipinski definition) is 5. The van der Waals surface area contributed by atoms with Crippen molar-refractivity contribution in [2.75, 3.05) is 18.9 Å². The summed E-state index contributed by atoms with van der Waals surface area (Å²) < 4.78 is 29.7. The van der Waals surface area contributed by atoms with Gasteiger partial charge in [-0.1, -0.05) is 6.07 Å². The van der Waals surface area contributed by atoms with Crippen molar-refractivity contribution in [1.82, 2.24) is 10.6 Å². The van der Waals surface area contributed by atoms with E-state index in [1.807, 2.05) is 0 Å². The zero-order valence-corrected chi connectivity index (χ0v) is 12.2. The molecule has 10 heteroatoms. The molecule has 0 saturated carbocycles. The van der Waals surface area contributed by atoms with Crippen molar-refractivity contribution in [3.8, 4) is 5.75 Å². The minimum absolute atomic E-state index is 0.0153. The second-order valence-electron chi connectivity index (χ2n) is 4.30. The van der Waals surface area contributed by atoms with Crippen LogP contribution in [0.15, 0.2) is 18.2 Å². The maximum Gasteiger partial charge on any atom is 0.266 e. The summed E-state index contributed by atoms with van der Waals surface area (Å²) in [5.41, 5.74) is 0.352. The molecular formula is C12H15N2O7S. The van der Waals surface area contributed by atoms with Crippen LogP contribution >= 0.6 is 0 Å². The second kappa shape index (κ2) is 7.73. The minimum Gasteiger partial charge on any atom is -0.508 e. The van der Waals surface area contributed by atoms with E-state index in [2.05, 4.69) is 10.6 Å². The highest BCUT2D eigenvalue weighted by molar-refractivity contribution is 7.85.